The maximum atomic E-state index is 4.93. The number of hydrogen-bond acceptors (Lipinski definition) is 5. The lowest BCUT2D eigenvalue weighted by Crippen LogP contribution is -2.26. The fourth-order valence-electron chi connectivity index (χ4n) is 3.63. The Labute approximate surface area is 137 Å². The van der Waals surface area contributed by atoms with E-state index in [-0.39, 0.29) is 0 Å². The summed E-state index contributed by atoms with van der Waals surface area (Å²) in [5, 5.41) is 0. The maximum absolute atomic E-state index is 4.93. The predicted octanol–water partition coefficient (Wildman–Crippen LogP) is 2.34. The van der Waals surface area contributed by atoms with Crippen LogP contribution >= 0.6 is 0 Å². The van der Waals surface area contributed by atoms with Crippen LogP contribution in [0.3, 0.4) is 0 Å². The van der Waals surface area contributed by atoms with E-state index in [0.717, 1.165) is 50.1 Å². The van der Waals surface area contributed by atoms with Gasteiger partial charge < -0.3 is 14.4 Å². The van der Waals surface area contributed by atoms with Crippen molar-refractivity contribution in [2.75, 3.05) is 36.0 Å². The van der Waals surface area contributed by atoms with Gasteiger partial charge in [0.25, 0.3) is 0 Å². The maximum Gasteiger partial charge on any atom is 0.227 e. The van der Waals surface area contributed by atoms with Gasteiger partial charge in [-0.25, -0.2) is 9.97 Å². The molecule has 122 valence electrons. The molecular weight excluding hydrogens is 288 g/mol. The molecule has 0 N–H and O–H groups in total. The number of hydrogen-bond donors (Lipinski definition) is 0. The minimum atomic E-state index is 0.488. The van der Waals surface area contributed by atoms with Crippen LogP contribution in [0.4, 0.5) is 11.8 Å². The van der Waals surface area contributed by atoms with Crippen molar-refractivity contribution in [1.29, 1.82) is 0 Å². The van der Waals surface area contributed by atoms with Crippen LogP contribution < -0.4 is 9.80 Å². The van der Waals surface area contributed by atoms with Crippen LogP contribution in [-0.2, 0) is 0 Å². The molecule has 2 aliphatic rings. The van der Waals surface area contributed by atoms with Crippen molar-refractivity contribution in [3.63, 3.8) is 0 Å². The number of rotatable bonds is 3. The van der Waals surface area contributed by atoms with Crippen LogP contribution in [0.2, 0.25) is 0 Å². The van der Waals surface area contributed by atoms with Crippen LogP contribution in [0.5, 0.6) is 0 Å². The topological polar surface area (TPSA) is 50.1 Å². The van der Waals surface area contributed by atoms with Crippen LogP contribution in [0.25, 0.3) is 0 Å². The van der Waals surface area contributed by atoms with E-state index in [1.807, 2.05) is 12.5 Å². The van der Waals surface area contributed by atoms with Gasteiger partial charge in [0, 0.05) is 49.8 Å². The molecule has 23 heavy (non-hydrogen) atoms. The van der Waals surface area contributed by atoms with E-state index in [1.165, 1.54) is 18.4 Å². The van der Waals surface area contributed by atoms with Crippen molar-refractivity contribution in [1.82, 2.24) is 19.5 Å². The second-order valence-corrected chi connectivity index (χ2v) is 6.65. The first-order chi connectivity index (χ1) is 11.2. The van der Waals surface area contributed by atoms with Crippen LogP contribution in [0.1, 0.15) is 36.6 Å². The minimum Gasteiger partial charge on any atom is -0.354 e. The molecule has 0 saturated carbocycles. The van der Waals surface area contributed by atoms with Crippen molar-refractivity contribution < 1.29 is 0 Å². The first-order valence-corrected chi connectivity index (χ1v) is 8.55. The lowest BCUT2D eigenvalue weighted by atomic mass is 10.2. The summed E-state index contributed by atoms with van der Waals surface area (Å²) in [7, 11) is 0. The highest BCUT2D eigenvalue weighted by Crippen LogP contribution is 2.30. The molecule has 0 unspecified atom stereocenters. The van der Waals surface area contributed by atoms with Gasteiger partial charge in [-0.05, 0) is 33.1 Å². The van der Waals surface area contributed by atoms with E-state index >= 15 is 0 Å². The second kappa shape index (κ2) is 5.83. The van der Waals surface area contributed by atoms with Crippen LogP contribution in [-0.4, -0.2) is 45.7 Å². The van der Waals surface area contributed by atoms with Gasteiger partial charge in [0.2, 0.25) is 5.95 Å². The second-order valence-electron chi connectivity index (χ2n) is 6.65. The third-order valence-corrected chi connectivity index (χ3v) is 5.15. The molecule has 0 radical (unpaired) electrons. The van der Waals surface area contributed by atoms with Crippen molar-refractivity contribution >= 4 is 11.8 Å². The Morgan fingerprint density at radius 3 is 2.61 bits per heavy atom. The van der Waals surface area contributed by atoms with Gasteiger partial charge in [0.05, 0.1) is 12.4 Å². The molecule has 1 atom stereocenters. The first kappa shape index (κ1) is 14.5. The summed E-state index contributed by atoms with van der Waals surface area (Å²) in [6.45, 7) is 8.44. The standard InChI is InChI=1S/C17H24N6/c1-13-14(2)19-17(21-7-3-4-8-21)20-16(13)22-9-5-15(11-22)23-10-6-18-12-23/h6,10,12,15H,3-5,7-9,11H2,1-2H3/t15-/m0/s1. The molecule has 0 amide bonds. The molecule has 2 fully saturated rings. The Morgan fingerprint density at radius 1 is 1.04 bits per heavy atom. The Balaban J connectivity index is 1.60. The van der Waals surface area contributed by atoms with Crippen molar-refractivity contribution in [2.24, 2.45) is 0 Å². The lowest BCUT2D eigenvalue weighted by molar-refractivity contribution is 0.551. The largest absolute Gasteiger partial charge is 0.354 e. The molecule has 0 bridgehead atoms. The molecule has 2 aliphatic heterocycles. The average molecular weight is 312 g/mol. The molecule has 0 aromatic carbocycles. The van der Waals surface area contributed by atoms with Crippen molar-refractivity contribution in [3.05, 3.63) is 30.0 Å². The van der Waals surface area contributed by atoms with E-state index in [1.54, 1.807) is 0 Å². The van der Waals surface area contributed by atoms with Crippen LogP contribution in [0.15, 0.2) is 18.7 Å². The summed E-state index contributed by atoms with van der Waals surface area (Å²) in [6.07, 6.45) is 9.46. The molecule has 0 aliphatic carbocycles. The molecule has 2 aromatic heterocycles. The summed E-state index contributed by atoms with van der Waals surface area (Å²) >= 11 is 0. The van der Waals surface area contributed by atoms with E-state index in [4.69, 9.17) is 9.97 Å². The minimum absolute atomic E-state index is 0.488. The van der Waals surface area contributed by atoms with E-state index in [9.17, 15) is 0 Å². The van der Waals surface area contributed by atoms with E-state index in [2.05, 4.69) is 39.4 Å². The van der Waals surface area contributed by atoms with Gasteiger partial charge in [-0.1, -0.05) is 0 Å². The van der Waals surface area contributed by atoms with Gasteiger partial charge in [-0.2, -0.15) is 4.98 Å². The Bertz CT molecular complexity index is 675. The zero-order valence-corrected chi connectivity index (χ0v) is 13.9. The highest BCUT2D eigenvalue weighted by molar-refractivity contribution is 5.53. The molecule has 2 aromatic rings. The average Bonchev–Trinajstić information content (AvgIpc) is 3.31. The molecular formula is C17H24N6. The van der Waals surface area contributed by atoms with Gasteiger partial charge in [0.1, 0.15) is 5.82 Å². The number of aromatic nitrogens is 4. The molecule has 0 spiro atoms. The highest BCUT2D eigenvalue weighted by Gasteiger charge is 2.27. The molecule has 2 saturated heterocycles. The quantitative estimate of drug-likeness (QED) is 0.871. The Morgan fingerprint density at radius 2 is 1.87 bits per heavy atom. The monoisotopic (exact) mass is 312 g/mol. The van der Waals surface area contributed by atoms with Crippen molar-refractivity contribution in [3.8, 4) is 0 Å². The number of aryl methyl sites for hydroxylation is 1. The first-order valence-electron chi connectivity index (χ1n) is 8.55. The summed E-state index contributed by atoms with van der Waals surface area (Å²) in [6, 6.07) is 0.488. The third kappa shape index (κ3) is 2.66. The molecule has 6 heteroatoms. The number of anilines is 2. The van der Waals surface area contributed by atoms with Crippen molar-refractivity contribution in [2.45, 2.75) is 39.2 Å². The third-order valence-electron chi connectivity index (χ3n) is 5.15. The summed E-state index contributed by atoms with van der Waals surface area (Å²) in [5.74, 6) is 2.02. The van der Waals surface area contributed by atoms with E-state index < -0.39 is 0 Å². The molecule has 4 rings (SSSR count). The van der Waals surface area contributed by atoms with Crippen LogP contribution in [0, 0.1) is 13.8 Å². The van der Waals surface area contributed by atoms with Gasteiger partial charge in [0.15, 0.2) is 0 Å². The smallest absolute Gasteiger partial charge is 0.227 e. The molecule has 4 heterocycles. The summed E-state index contributed by atoms with van der Waals surface area (Å²) in [4.78, 5) is 18.6. The highest BCUT2D eigenvalue weighted by atomic mass is 15.3. The SMILES string of the molecule is Cc1nc(N2CCCC2)nc(N2CC[C@H](n3ccnc3)C2)c1C. The number of nitrogens with zero attached hydrogens (tertiary/aromatic N) is 6. The Kier molecular flexibility index (Phi) is 3.67. The predicted molar refractivity (Wildman–Crippen MR) is 91.0 cm³/mol. The van der Waals surface area contributed by atoms with Gasteiger partial charge in [-0.3, -0.25) is 0 Å². The lowest BCUT2D eigenvalue weighted by Gasteiger charge is -2.24. The van der Waals surface area contributed by atoms with E-state index in [0.29, 0.717) is 6.04 Å². The van der Waals surface area contributed by atoms with Gasteiger partial charge in [-0.15, -0.1) is 0 Å². The van der Waals surface area contributed by atoms with Gasteiger partial charge >= 0.3 is 0 Å². The molecule has 6 nitrogen and oxygen atoms in total. The number of imidazole rings is 1. The fourth-order valence-corrected chi connectivity index (χ4v) is 3.63. The zero-order chi connectivity index (χ0) is 15.8. The summed E-state index contributed by atoms with van der Waals surface area (Å²) in [5.41, 5.74) is 2.31. The Hall–Kier alpha value is -2.11. The normalized spacial score (nSPS) is 21.4. The fraction of sp³-hybridized carbons (Fsp3) is 0.588. The zero-order valence-electron chi connectivity index (χ0n) is 13.9. The summed E-state index contributed by atoms with van der Waals surface area (Å²) < 4.78 is 2.21.